The first-order valence-corrected chi connectivity index (χ1v) is 5.93. The number of rotatable bonds is 6. The molecule has 1 aromatic heterocycles. The number of methoxy groups -OCH3 is 1. The first-order valence-electron chi connectivity index (χ1n) is 5.93. The van der Waals surface area contributed by atoms with Gasteiger partial charge in [-0.05, 0) is 20.8 Å². The maximum Gasteiger partial charge on any atom is 0.328 e. The number of hydrogen-bond acceptors (Lipinski definition) is 5. The Morgan fingerprint density at radius 3 is 2.67 bits per heavy atom. The van der Waals surface area contributed by atoms with Crippen LogP contribution < -0.4 is 5.73 Å². The Morgan fingerprint density at radius 2 is 2.17 bits per heavy atom. The molecule has 18 heavy (non-hydrogen) atoms. The Hall–Kier alpha value is -1.56. The predicted octanol–water partition coefficient (Wildman–Crippen LogP) is 1.05. The molecule has 6 heteroatoms. The molecule has 0 spiro atoms. The molecule has 6 nitrogen and oxygen atoms in total. The Morgan fingerprint density at radius 1 is 1.50 bits per heavy atom. The lowest BCUT2D eigenvalue weighted by molar-refractivity contribution is -0.149. The third-order valence-electron chi connectivity index (χ3n) is 2.78. The Balaban J connectivity index is 2.51. The largest absolute Gasteiger partial charge is 0.461 e. The van der Waals surface area contributed by atoms with E-state index < -0.39 is 0 Å². The van der Waals surface area contributed by atoms with Gasteiger partial charge in [-0.25, -0.2) is 0 Å². The van der Waals surface area contributed by atoms with Gasteiger partial charge in [-0.3, -0.25) is 9.48 Å². The second-order valence-electron chi connectivity index (χ2n) is 4.32. The summed E-state index contributed by atoms with van der Waals surface area (Å²) in [5, 5.41) is 4.19. The van der Waals surface area contributed by atoms with Crippen molar-refractivity contribution in [3.05, 3.63) is 11.4 Å². The summed E-state index contributed by atoms with van der Waals surface area (Å²) in [6, 6.07) is 0. The van der Waals surface area contributed by atoms with Crippen LogP contribution in [0.5, 0.6) is 0 Å². The molecule has 0 aliphatic heterocycles. The van der Waals surface area contributed by atoms with Crippen molar-refractivity contribution < 1.29 is 14.3 Å². The number of carbonyl (C=O) groups excluding carboxylic acids is 1. The maximum atomic E-state index is 11.7. The number of carbonyl (C=O) groups is 1. The molecule has 1 unspecified atom stereocenters. The molecule has 0 radical (unpaired) electrons. The zero-order valence-electron chi connectivity index (χ0n) is 11.4. The van der Waals surface area contributed by atoms with Gasteiger partial charge < -0.3 is 15.2 Å². The molecule has 0 aromatic carbocycles. The van der Waals surface area contributed by atoms with Crippen molar-refractivity contribution >= 4 is 11.7 Å². The zero-order chi connectivity index (χ0) is 13.7. The van der Waals surface area contributed by atoms with Gasteiger partial charge in [-0.2, -0.15) is 5.10 Å². The molecule has 0 bridgehead atoms. The highest BCUT2D eigenvalue weighted by Crippen LogP contribution is 2.14. The van der Waals surface area contributed by atoms with Gasteiger partial charge in [0.15, 0.2) is 0 Å². The molecule has 0 saturated carbocycles. The number of aryl methyl sites for hydroxylation is 1. The number of ether oxygens (including phenoxy) is 2. The number of aromatic nitrogens is 2. The molecule has 2 N–H and O–H groups in total. The van der Waals surface area contributed by atoms with Crippen molar-refractivity contribution in [1.29, 1.82) is 0 Å². The van der Waals surface area contributed by atoms with Crippen LogP contribution in [-0.2, 0) is 20.8 Å². The van der Waals surface area contributed by atoms with E-state index in [1.807, 2.05) is 20.8 Å². The van der Waals surface area contributed by atoms with Crippen LogP contribution in [-0.4, -0.2) is 35.6 Å². The lowest BCUT2D eigenvalue weighted by Crippen LogP contribution is -2.21. The quantitative estimate of drug-likeness (QED) is 0.769. The molecule has 0 saturated heterocycles. The lowest BCUT2D eigenvalue weighted by atomic mass is 10.3. The summed E-state index contributed by atoms with van der Waals surface area (Å²) >= 11 is 0. The summed E-state index contributed by atoms with van der Waals surface area (Å²) in [6.45, 7) is 6.14. The van der Waals surface area contributed by atoms with Gasteiger partial charge in [-0.1, -0.05) is 0 Å². The molecule has 0 amide bonds. The van der Waals surface area contributed by atoms with Crippen molar-refractivity contribution in [2.45, 2.75) is 39.8 Å². The van der Waals surface area contributed by atoms with Crippen LogP contribution in [0, 0.1) is 13.8 Å². The highest BCUT2D eigenvalue weighted by Gasteiger charge is 2.14. The van der Waals surface area contributed by atoms with E-state index in [-0.39, 0.29) is 18.6 Å². The van der Waals surface area contributed by atoms with E-state index in [9.17, 15) is 4.79 Å². The predicted molar refractivity (Wildman–Crippen MR) is 68.2 cm³/mol. The topological polar surface area (TPSA) is 79.4 Å². The summed E-state index contributed by atoms with van der Waals surface area (Å²) in [6.07, 6.45) is 0.522. The van der Waals surface area contributed by atoms with E-state index in [1.165, 1.54) is 0 Å². The van der Waals surface area contributed by atoms with Gasteiger partial charge in [0.05, 0.1) is 17.1 Å². The van der Waals surface area contributed by atoms with Gasteiger partial charge in [0, 0.05) is 20.1 Å². The van der Waals surface area contributed by atoms with E-state index in [0.717, 1.165) is 11.4 Å². The van der Waals surface area contributed by atoms with Crippen molar-refractivity contribution in [2.75, 3.05) is 19.5 Å². The minimum atomic E-state index is -0.316. The number of nitrogens with zero attached hydrogens (tertiary/aromatic N) is 2. The van der Waals surface area contributed by atoms with Gasteiger partial charge >= 0.3 is 5.97 Å². The number of esters is 1. The summed E-state index contributed by atoms with van der Waals surface area (Å²) in [7, 11) is 1.62. The van der Waals surface area contributed by atoms with Crippen molar-refractivity contribution in [3.8, 4) is 0 Å². The summed E-state index contributed by atoms with van der Waals surface area (Å²) < 4.78 is 11.7. The molecule has 0 fully saturated rings. The SMILES string of the molecule is COCCC(C)OC(=O)Cn1nc(C)c(N)c1C. The Kier molecular flexibility index (Phi) is 5.15. The van der Waals surface area contributed by atoms with Gasteiger partial charge in [-0.15, -0.1) is 0 Å². The third-order valence-corrected chi connectivity index (χ3v) is 2.78. The molecule has 1 aromatic rings. The summed E-state index contributed by atoms with van der Waals surface area (Å²) in [4.78, 5) is 11.7. The average Bonchev–Trinajstić information content (AvgIpc) is 2.54. The van der Waals surface area contributed by atoms with Crippen molar-refractivity contribution in [2.24, 2.45) is 0 Å². The standard InChI is InChI=1S/C12H21N3O3/c1-8(5-6-17-4)18-11(16)7-15-10(3)12(13)9(2)14-15/h8H,5-7,13H2,1-4H3. The fourth-order valence-corrected chi connectivity index (χ4v) is 1.59. The fraction of sp³-hybridized carbons (Fsp3) is 0.667. The second-order valence-corrected chi connectivity index (χ2v) is 4.32. The zero-order valence-corrected chi connectivity index (χ0v) is 11.4. The van der Waals surface area contributed by atoms with Gasteiger partial charge in [0.1, 0.15) is 12.6 Å². The third kappa shape index (κ3) is 3.73. The van der Waals surface area contributed by atoms with E-state index >= 15 is 0 Å². The van der Waals surface area contributed by atoms with Crippen LogP contribution in [0.4, 0.5) is 5.69 Å². The smallest absolute Gasteiger partial charge is 0.328 e. The average molecular weight is 255 g/mol. The molecule has 102 valence electrons. The number of hydrogen-bond donors (Lipinski definition) is 1. The number of nitrogens with two attached hydrogens (primary N) is 1. The molecule has 0 aliphatic rings. The number of nitrogen functional groups attached to an aromatic ring is 1. The van der Waals surface area contributed by atoms with Gasteiger partial charge in [0.25, 0.3) is 0 Å². The molecular weight excluding hydrogens is 234 g/mol. The Labute approximate surface area is 107 Å². The molecule has 1 heterocycles. The first kappa shape index (κ1) is 14.5. The lowest BCUT2D eigenvalue weighted by Gasteiger charge is -2.13. The highest BCUT2D eigenvalue weighted by atomic mass is 16.5. The molecule has 1 rings (SSSR count). The minimum absolute atomic E-state index is 0.0845. The molecule has 1 atom stereocenters. The Bertz CT molecular complexity index is 415. The normalized spacial score (nSPS) is 12.4. The highest BCUT2D eigenvalue weighted by molar-refractivity contribution is 5.69. The van der Waals surface area contributed by atoms with Crippen LogP contribution in [0.1, 0.15) is 24.7 Å². The van der Waals surface area contributed by atoms with Crippen molar-refractivity contribution in [1.82, 2.24) is 9.78 Å². The summed E-state index contributed by atoms with van der Waals surface area (Å²) in [5.41, 5.74) is 7.93. The second kappa shape index (κ2) is 6.39. The van der Waals surface area contributed by atoms with Crippen LogP contribution >= 0.6 is 0 Å². The fourth-order valence-electron chi connectivity index (χ4n) is 1.59. The summed E-state index contributed by atoms with van der Waals surface area (Å²) in [5.74, 6) is -0.316. The number of anilines is 1. The van der Waals surface area contributed by atoms with Crippen molar-refractivity contribution in [3.63, 3.8) is 0 Å². The van der Waals surface area contributed by atoms with E-state index in [2.05, 4.69) is 5.10 Å². The van der Waals surface area contributed by atoms with Crippen LogP contribution in [0.15, 0.2) is 0 Å². The van der Waals surface area contributed by atoms with Gasteiger partial charge in [0.2, 0.25) is 0 Å². The first-order chi connectivity index (χ1) is 8.45. The van der Waals surface area contributed by atoms with E-state index in [0.29, 0.717) is 18.7 Å². The molecular formula is C12H21N3O3. The molecule has 0 aliphatic carbocycles. The minimum Gasteiger partial charge on any atom is -0.461 e. The maximum absolute atomic E-state index is 11.7. The van der Waals surface area contributed by atoms with Crippen LogP contribution in [0.25, 0.3) is 0 Å². The van der Waals surface area contributed by atoms with E-state index in [4.69, 9.17) is 15.2 Å². The van der Waals surface area contributed by atoms with Crippen LogP contribution in [0.2, 0.25) is 0 Å². The monoisotopic (exact) mass is 255 g/mol. The van der Waals surface area contributed by atoms with E-state index in [1.54, 1.807) is 11.8 Å². The van der Waals surface area contributed by atoms with Crippen LogP contribution in [0.3, 0.4) is 0 Å².